The highest BCUT2D eigenvalue weighted by molar-refractivity contribution is 7.91. The normalized spacial score (nSPS) is 31.8. The summed E-state index contributed by atoms with van der Waals surface area (Å²) in [5, 5.41) is 4.03. The van der Waals surface area contributed by atoms with Gasteiger partial charge in [0, 0.05) is 19.0 Å². The zero-order valence-corrected chi connectivity index (χ0v) is 18.6. The molecule has 0 aromatic carbocycles. The molecule has 2 saturated carbocycles. The predicted octanol–water partition coefficient (Wildman–Crippen LogP) is 2.97. The second-order valence-electron chi connectivity index (χ2n) is 9.99. The van der Waals surface area contributed by atoms with E-state index in [0.29, 0.717) is 28.5 Å². The molecule has 2 aliphatic carbocycles. The molecule has 7 nitrogen and oxygen atoms in total. The zero-order chi connectivity index (χ0) is 20.9. The summed E-state index contributed by atoms with van der Waals surface area (Å²) >= 11 is 0. The molecule has 1 amide bonds. The van der Waals surface area contributed by atoms with Crippen molar-refractivity contribution in [1.82, 2.24) is 15.0 Å². The SMILES string of the molecule is CCC(C)(C)C1CCC2(CC1)CC2c1nc(CC(=O)N2CCS(=O)(=O)CC2)no1. The van der Waals surface area contributed by atoms with Crippen LogP contribution in [-0.2, 0) is 21.1 Å². The highest BCUT2D eigenvalue weighted by atomic mass is 32.2. The molecule has 1 spiro atoms. The largest absolute Gasteiger partial charge is 0.340 e. The van der Waals surface area contributed by atoms with Crippen LogP contribution in [0.1, 0.15) is 76.9 Å². The van der Waals surface area contributed by atoms with Gasteiger partial charge in [0.2, 0.25) is 11.8 Å². The van der Waals surface area contributed by atoms with Gasteiger partial charge in [-0.05, 0) is 48.9 Å². The molecule has 0 N–H and O–H groups in total. The van der Waals surface area contributed by atoms with Gasteiger partial charge < -0.3 is 9.42 Å². The summed E-state index contributed by atoms with van der Waals surface area (Å²) in [4.78, 5) is 18.6. The van der Waals surface area contributed by atoms with Crippen molar-refractivity contribution in [2.75, 3.05) is 24.6 Å². The van der Waals surface area contributed by atoms with E-state index in [-0.39, 0.29) is 36.9 Å². The average molecular weight is 424 g/mol. The van der Waals surface area contributed by atoms with E-state index in [1.54, 1.807) is 4.90 Å². The molecular weight excluding hydrogens is 390 g/mol. The first kappa shape index (κ1) is 20.8. The average Bonchev–Trinajstić information content (AvgIpc) is 3.16. The van der Waals surface area contributed by atoms with Crippen LogP contribution in [0.25, 0.3) is 0 Å². The Kier molecular flexibility index (Phi) is 5.28. The summed E-state index contributed by atoms with van der Waals surface area (Å²) in [5.41, 5.74) is 0.743. The van der Waals surface area contributed by atoms with Crippen molar-refractivity contribution in [2.24, 2.45) is 16.7 Å². The zero-order valence-electron chi connectivity index (χ0n) is 17.8. The van der Waals surface area contributed by atoms with Gasteiger partial charge in [-0.2, -0.15) is 4.98 Å². The maximum Gasteiger partial charge on any atom is 0.230 e. The maximum atomic E-state index is 12.4. The van der Waals surface area contributed by atoms with E-state index in [4.69, 9.17) is 4.52 Å². The van der Waals surface area contributed by atoms with Gasteiger partial charge in [-0.1, -0.05) is 32.3 Å². The summed E-state index contributed by atoms with van der Waals surface area (Å²) in [6.45, 7) is 7.58. The molecule has 1 aliphatic heterocycles. The third kappa shape index (κ3) is 4.23. The van der Waals surface area contributed by atoms with Crippen LogP contribution in [0.3, 0.4) is 0 Å². The molecule has 8 heteroatoms. The lowest BCUT2D eigenvalue weighted by Crippen LogP contribution is -2.44. The lowest BCUT2D eigenvalue weighted by atomic mass is 9.66. The number of amides is 1. The molecule has 3 fully saturated rings. The van der Waals surface area contributed by atoms with Crippen molar-refractivity contribution < 1.29 is 17.7 Å². The highest BCUT2D eigenvalue weighted by Crippen LogP contribution is 2.67. The Labute approximate surface area is 173 Å². The van der Waals surface area contributed by atoms with Crippen molar-refractivity contribution in [2.45, 2.75) is 71.6 Å². The molecule has 1 aromatic heterocycles. The summed E-state index contributed by atoms with van der Waals surface area (Å²) in [6, 6.07) is 0. The Morgan fingerprint density at radius 1 is 1.24 bits per heavy atom. The maximum absolute atomic E-state index is 12.4. The number of aromatic nitrogens is 2. The minimum absolute atomic E-state index is 0.0384. The predicted molar refractivity (Wildman–Crippen MR) is 109 cm³/mol. The minimum Gasteiger partial charge on any atom is -0.340 e. The molecule has 3 aliphatic rings. The number of hydrogen-bond acceptors (Lipinski definition) is 6. The Morgan fingerprint density at radius 2 is 1.90 bits per heavy atom. The van der Waals surface area contributed by atoms with E-state index in [1.165, 1.54) is 32.1 Å². The second kappa shape index (κ2) is 7.36. The van der Waals surface area contributed by atoms with Crippen LogP contribution >= 0.6 is 0 Å². The molecule has 1 aromatic rings. The number of sulfone groups is 1. The Bertz CT molecular complexity index is 854. The van der Waals surface area contributed by atoms with Crippen molar-refractivity contribution in [3.05, 3.63) is 11.7 Å². The summed E-state index contributed by atoms with van der Waals surface area (Å²) in [7, 11) is -3.00. The fourth-order valence-corrected chi connectivity index (χ4v) is 6.40. The van der Waals surface area contributed by atoms with E-state index in [9.17, 15) is 13.2 Å². The van der Waals surface area contributed by atoms with Crippen LogP contribution in [0.5, 0.6) is 0 Å². The van der Waals surface area contributed by atoms with Crippen molar-refractivity contribution >= 4 is 15.7 Å². The monoisotopic (exact) mass is 423 g/mol. The van der Waals surface area contributed by atoms with E-state index in [1.807, 2.05) is 0 Å². The third-order valence-electron chi connectivity index (χ3n) is 7.98. The molecule has 1 unspecified atom stereocenters. The Balaban J connectivity index is 1.31. The number of hydrogen-bond donors (Lipinski definition) is 0. The van der Waals surface area contributed by atoms with Gasteiger partial charge in [0.05, 0.1) is 17.9 Å². The van der Waals surface area contributed by atoms with Gasteiger partial charge in [0.15, 0.2) is 15.7 Å². The van der Waals surface area contributed by atoms with Crippen molar-refractivity contribution in [1.29, 1.82) is 0 Å². The van der Waals surface area contributed by atoms with Gasteiger partial charge in [-0.25, -0.2) is 8.42 Å². The lowest BCUT2D eigenvalue weighted by Gasteiger charge is -2.39. The second-order valence-corrected chi connectivity index (χ2v) is 12.3. The molecule has 162 valence electrons. The standard InChI is InChI=1S/C21H33N3O4S/c1-4-20(2,3)15-5-7-21(8-6-15)14-16(21)19-22-17(23-28-19)13-18(25)24-9-11-29(26,27)12-10-24/h15-16H,4-14H2,1-3H3. The first-order valence-electron chi connectivity index (χ1n) is 10.9. The van der Waals surface area contributed by atoms with Crippen LogP contribution in [0.4, 0.5) is 0 Å². The quantitative estimate of drug-likeness (QED) is 0.723. The molecule has 0 bridgehead atoms. The first-order valence-corrected chi connectivity index (χ1v) is 12.8. The minimum atomic E-state index is -3.00. The van der Waals surface area contributed by atoms with Crippen LogP contribution in [-0.4, -0.2) is 54.0 Å². The van der Waals surface area contributed by atoms with E-state index in [0.717, 1.165) is 12.3 Å². The summed E-state index contributed by atoms with van der Waals surface area (Å²) in [6.07, 6.45) is 7.42. The van der Waals surface area contributed by atoms with Crippen LogP contribution in [0, 0.1) is 16.7 Å². The number of rotatable bonds is 5. The number of nitrogens with zero attached hydrogens (tertiary/aromatic N) is 3. The lowest BCUT2D eigenvalue weighted by molar-refractivity contribution is -0.130. The molecule has 1 atom stereocenters. The summed E-state index contributed by atoms with van der Waals surface area (Å²) in [5.74, 6) is 2.18. The van der Waals surface area contributed by atoms with Crippen molar-refractivity contribution in [3.63, 3.8) is 0 Å². The third-order valence-corrected chi connectivity index (χ3v) is 9.59. The van der Waals surface area contributed by atoms with Crippen molar-refractivity contribution in [3.8, 4) is 0 Å². The first-order chi connectivity index (χ1) is 13.6. The topological polar surface area (TPSA) is 93.4 Å². The van der Waals surface area contributed by atoms with Crippen LogP contribution < -0.4 is 0 Å². The highest BCUT2D eigenvalue weighted by Gasteiger charge is 2.58. The van der Waals surface area contributed by atoms with Gasteiger partial charge >= 0.3 is 0 Å². The van der Waals surface area contributed by atoms with Gasteiger partial charge in [-0.3, -0.25) is 4.79 Å². The number of carbonyl (C=O) groups excluding carboxylic acids is 1. The summed E-state index contributed by atoms with van der Waals surface area (Å²) < 4.78 is 28.6. The van der Waals surface area contributed by atoms with Crippen LogP contribution in [0.15, 0.2) is 4.52 Å². The van der Waals surface area contributed by atoms with Gasteiger partial charge in [-0.15, -0.1) is 0 Å². The Morgan fingerprint density at radius 3 is 2.52 bits per heavy atom. The van der Waals surface area contributed by atoms with Gasteiger partial charge in [0.25, 0.3) is 0 Å². The smallest absolute Gasteiger partial charge is 0.230 e. The number of carbonyl (C=O) groups is 1. The van der Waals surface area contributed by atoms with E-state index < -0.39 is 9.84 Å². The fourth-order valence-electron chi connectivity index (χ4n) is 5.20. The van der Waals surface area contributed by atoms with E-state index >= 15 is 0 Å². The Hall–Kier alpha value is -1.44. The fraction of sp³-hybridized carbons (Fsp3) is 0.857. The molecular formula is C21H33N3O4S. The molecule has 29 heavy (non-hydrogen) atoms. The molecule has 1 saturated heterocycles. The molecule has 4 rings (SSSR count). The van der Waals surface area contributed by atoms with Gasteiger partial charge in [0.1, 0.15) is 0 Å². The molecule has 2 heterocycles. The van der Waals surface area contributed by atoms with Crippen LogP contribution in [0.2, 0.25) is 0 Å². The molecule has 0 radical (unpaired) electrons. The van der Waals surface area contributed by atoms with E-state index in [2.05, 4.69) is 30.9 Å².